The lowest BCUT2D eigenvalue weighted by molar-refractivity contribution is 0.0933. The Bertz CT molecular complexity index is 938. The zero-order chi connectivity index (χ0) is 18.5. The minimum Gasteiger partial charge on any atom is -0.497 e. The minimum atomic E-state index is -0.293. The summed E-state index contributed by atoms with van der Waals surface area (Å²) in [4.78, 5) is 12.9. The standard InChI is InChI=1S/C21H19N3O2/c1-15(16-6-4-3-5-7-16)23-21(25)20-17(14-22)12-13-24(20)18-8-10-19(26-2)11-9-18/h3-13,15H,1-2H3,(H,23,25). The summed E-state index contributed by atoms with van der Waals surface area (Å²) in [7, 11) is 1.60. The molecule has 1 heterocycles. The molecule has 0 aliphatic heterocycles. The Morgan fingerprint density at radius 2 is 1.81 bits per heavy atom. The molecular formula is C21H19N3O2. The fraction of sp³-hybridized carbons (Fsp3) is 0.143. The summed E-state index contributed by atoms with van der Waals surface area (Å²) in [6.07, 6.45) is 1.72. The van der Waals surface area contributed by atoms with Crippen molar-refractivity contribution in [2.75, 3.05) is 7.11 Å². The zero-order valence-electron chi connectivity index (χ0n) is 14.6. The molecule has 0 saturated carbocycles. The number of ether oxygens (including phenoxy) is 1. The van der Waals surface area contributed by atoms with Gasteiger partial charge in [0.2, 0.25) is 0 Å². The highest BCUT2D eigenvalue weighted by Crippen LogP contribution is 2.21. The molecule has 0 fully saturated rings. The highest BCUT2D eigenvalue weighted by atomic mass is 16.5. The molecule has 0 spiro atoms. The van der Waals surface area contributed by atoms with Crippen LogP contribution in [-0.2, 0) is 0 Å². The second kappa shape index (κ2) is 7.58. The maximum Gasteiger partial charge on any atom is 0.270 e. The number of amides is 1. The first-order valence-electron chi connectivity index (χ1n) is 8.25. The van der Waals surface area contributed by atoms with E-state index < -0.39 is 0 Å². The first kappa shape index (κ1) is 17.3. The van der Waals surface area contributed by atoms with Gasteiger partial charge in [0.25, 0.3) is 5.91 Å². The van der Waals surface area contributed by atoms with E-state index in [1.54, 1.807) is 23.9 Å². The van der Waals surface area contributed by atoms with E-state index in [0.717, 1.165) is 17.0 Å². The van der Waals surface area contributed by atoms with Gasteiger partial charge in [-0.1, -0.05) is 30.3 Å². The van der Waals surface area contributed by atoms with Crippen molar-refractivity contribution in [3.63, 3.8) is 0 Å². The van der Waals surface area contributed by atoms with Crippen LogP contribution in [0.3, 0.4) is 0 Å². The molecule has 0 bridgehead atoms. The first-order chi connectivity index (χ1) is 12.6. The van der Waals surface area contributed by atoms with Crippen molar-refractivity contribution in [2.24, 2.45) is 0 Å². The highest BCUT2D eigenvalue weighted by molar-refractivity contribution is 5.96. The molecule has 5 heteroatoms. The molecule has 1 aromatic heterocycles. The topological polar surface area (TPSA) is 67.0 Å². The van der Waals surface area contributed by atoms with Crippen LogP contribution >= 0.6 is 0 Å². The lowest BCUT2D eigenvalue weighted by atomic mass is 10.1. The van der Waals surface area contributed by atoms with Crippen molar-refractivity contribution >= 4 is 5.91 Å². The number of carbonyl (C=O) groups is 1. The number of hydrogen-bond acceptors (Lipinski definition) is 3. The van der Waals surface area contributed by atoms with Crippen LogP contribution in [-0.4, -0.2) is 17.6 Å². The average molecular weight is 345 g/mol. The summed E-state index contributed by atoms with van der Waals surface area (Å²) >= 11 is 0. The van der Waals surface area contributed by atoms with Crippen LogP contribution < -0.4 is 10.1 Å². The van der Waals surface area contributed by atoms with Gasteiger partial charge in [-0.2, -0.15) is 5.26 Å². The SMILES string of the molecule is COc1ccc(-n2ccc(C#N)c2C(=O)NC(C)c2ccccc2)cc1. The van der Waals surface area contributed by atoms with Gasteiger partial charge in [0.1, 0.15) is 17.5 Å². The van der Waals surface area contributed by atoms with E-state index in [4.69, 9.17) is 4.74 Å². The fourth-order valence-electron chi connectivity index (χ4n) is 2.80. The summed E-state index contributed by atoms with van der Waals surface area (Å²) in [5.41, 5.74) is 2.44. The van der Waals surface area contributed by atoms with E-state index in [2.05, 4.69) is 11.4 Å². The molecule has 3 aromatic rings. The molecule has 1 amide bonds. The summed E-state index contributed by atoms with van der Waals surface area (Å²) in [5, 5.41) is 12.4. The Morgan fingerprint density at radius 1 is 1.12 bits per heavy atom. The van der Waals surface area contributed by atoms with Crippen LogP contribution in [0.25, 0.3) is 5.69 Å². The third-order valence-electron chi connectivity index (χ3n) is 4.22. The Kier molecular flexibility index (Phi) is 5.04. The molecule has 2 aromatic carbocycles. The number of nitrogens with one attached hydrogen (secondary N) is 1. The Balaban J connectivity index is 1.92. The zero-order valence-corrected chi connectivity index (χ0v) is 14.6. The Morgan fingerprint density at radius 3 is 2.42 bits per heavy atom. The number of benzene rings is 2. The molecule has 1 unspecified atom stereocenters. The van der Waals surface area contributed by atoms with Gasteiger partial charge in [-0.3, -0.25) is 4.79 Å². The van der Waals surface area contributed by atoms with Gasteiger partial charge in [-0.15, -0.1) is 0 Å². The van der Waals surface area contributed by atoms with Crippen LogP contribution in [0.4, 0.5) is 0 Å². The van der Waals surface area contributed by atoms with E-state index in [1.807, 2.05) is 61.5 Å². The molecule has 3 rings (SSSR count). The Hall–Kier alpha value is -3.52. The highest BCUT2D eigenvalue weighted by Gasteiger charge is 2.20. The molecule has 1 N–H and O–H groups in total. The van der Waals surface area contributed by atoms with Crippen molar-refractivity contribution < 1.29 is 9.53 Å². The number of methoxy groups -OCH3 is 1. The van der Waals surface area contributed by atoms with Gasteiger partial charge in [0, 0.05) is 11.9 Å². The molecular weight excluding hydrogens is 326 g/mol. The average Bonchev–Trinajstić information content (AvgIpc) is 3.13. The lowest BCUT2D eigenvalue weighted by Gasteiger charge is -2.16. The smallest absolute Gasteiger partial charge is 0.270 e. The summed E-state index contributed by atoms with van der Waals surface area (Å²) in [5.74, 6) is 0.434. The second-order valence-corrected chi connectivity index (χ2v) is 5.86. The van der Waals surface area contributed by atoms with Gasteiger partial charge in [-0.05, 0) is 42.8 Å². The molecule has 1 atom stereocenters. The monoisotopic (exact) mass is 345 g/mol. The number of carbonyl (C=O) groups excluding carboxylic acids is 1. The Labute approximate surface area is 152 Å². The van der Waals surface area contributed by atoms with Gasteiger partial charge >= 0.3 is 0 Å². The fourth-order valence-corrected chi connectivity index (χ4v) is 2.80. The van der Waals surface area contributed by atoms with Crippen LogP contribution in [0.2, 0.25) is 0 Å². The molecule has 0 radical (unpaired) electrons. The third kappa shape index (κ3) is 3.45. The summed E-state index contributed by atoms with van der Waals surface area (Å²) in [6.45, 7) is 1.92. The quantitative estimate of drug-likeness (QED) is 0.764. The van der Waals surface area contributed by atoms with E-state index in [0.29, 0.717) is 11.3 Å². The van der Waals surface area contributed by atoms with Crippen molar-refractivity contribution in [2.45, 2.75) is 13.0 Å². The van der Waals surface area contributed by atoms with Crippen LogP contribution in [0.5, 0.6) is 5.75 Å². The van der Waals surface area contributed by atoms with Crippen molar-refractivity contribution in [3.8, 4) is 17.5 Å². The number of rotatable bonds is 5. The number of nitrogens with zero attached hydrogens (tertiary/aromatic N) is 2. The maximum absolute atomic E-state index is 12.9. The predicted octanol–water partition coefficient (Wildman–Crippen LogP) is 3.85. The van der Waals surface area contributed by atoms with Gasteiger partial charge in [0.15, 0.2) is 0 Å². The second-order valence-electron chi connectivity index (χ2n) is 5.86. The minimum absolute atomic E-state index is 0.172. The largest absolute Gasteiger partial charge is 0.497 e. The van der Waals surface area contributed by atoms with Gasteiger partial charge in [-0.25, -0.2) is 0 Å². The number of aromatic nitrogens is 1. The molecule has 0 aliphatic rings. The van der Waals surface area contributed by atoms with E-state index in [-0.39, 0.29) is 11.9 Å². The van der Waals surface area contributed by atoms with Crippen molar-refractivity contribution in [1.82, 2.24) is 9.88 Å². The van der Waals surface area contributed by atoms with Crippen LogP contribution in [0, 0.1) is 11.3 Å². The number of nitriles is 1. The van der Waals surface area contributed by atoms with Crippen molar-refractivity contribution in [3.05, 3.63) is 83.7 Å². The van der Waals surface area contributed by atoms with E-state index in [9.17, 15) is 10.1 Å². The summed E-state index contributed by atoms with van der Waals surface area (Å²) < 4.78 is 6.88. The van der Waals surface area contributed by atoms with Crippen LogP contribution in [0.1, 0.15) is 34.6 Å². The molecule has 0 aliphatic carbocycles. The van der Waals surface area contributed by atoms with E-state index >= 15 is 0 Å². The molecule has 5 nitrogen and oxygen atoms in total. The van der Waals surface area contributed by atoms with Crippen LogP contribution in [0.15, 0.2) is 66.9 Å². The third-order valence-corrected chi connectivity index (χ3v) is 4.22. The molecule has 0 saturated heterocycles. The molecule has 130 valence electrons. The lowest BCUT2D eigenvalue weighted by Crippen LogP contribution is -2.29. The predicted molar refractivity (Wildman–Crippen MR) is 99.4 cm³/mol. The van der Waals surface area contributed by atoms with Gasteiger partial charge in [0.05, 0.1) is 18.7 Å². The first-order valence-corrected chi connectivity index (χ1v) is 8.25. The summed E-state index contributed by atoms with van der Waals surface area (Å²) in [6, 6.07) is 20.6. The maximum atomic E-state index is 12.9. The van der Waals surface area contributed by atoms with Gasteiger partial charge < -0.3 is 14.6 Å². The van der Waals surface area contributed by atoms with E-state index in [1.165, 1.54) is 0 Å². The number of hydrogen-bond donors (Lipinski definition) is 1. The normalized spacial score (nSPS) is 11.4. The molecule has 26 heavy (non-hydrogen) atoms. The van der Waals surface area contributed by atoms with Crippen molar-refractivity contribution in [1.29, 1.82) is 5.26 Å².